The van der Waals surface area contributed by atoms with E-state index in [1.807, 2.05) is 24.3 Å². The third-order valence-electron chi connectivity index (χ3n) is 2.08. The Balaban J connectivity index is 2.18. The number of fused-ring (bicyclic) bond motifs is 1. The van der Waals surface area contributed by atoms with Crippen molar-refractivity contribution < 1.29 is 9.53 Å². The molecule has 0 saturated carbocycles. The predicted molar refractivity (Wildman–Crippen MR) is 46.9 cm³/mol. The molecule has 0 saturated heterocycles. The quantitative estimate of drug-likeness (QED) is 0.361. The Morgan fingerprint density at radius 1 is 1.54 bits per heavy atom. The van der Waals surface area contributed by atoms with Gasteiger partial charge in [-0.05, 0) is 11.6 Å². The number of carbonyl (C=O) groups is 1. The fraction of sp³-hybridized carbons (Fsp3) is 0.222. The average molecular weight is 178 g/mol. The van der Waals surface area contributed by atoms with Gasteiger partial charge >= 0.3 is 0 Å². The first-order chi connectivity index (χ1) is 6.31. The highest BCUT2D eigenvalue weighted by atomic mass is 16.5. The van der Waals surface area contributed by atoms with E-state index in [0.717, 1.165) is 11.3 Å². The molecule has 0 bridgehead atoms. The van der Waals surface area contributed by atoms with Crippen LogP contribution < -0.4 is 16.0 Å². The maximum atomic E-state index is 11.1. The fourth-order valence-corrected chi connectivity index (χ4v) is 1.42. The van der Waals surface area contributed by atoms with Crippen LogP contribution in [0, 0.1) is 0 Å². The van der Waals surface area contributed by atoms with Gasteiger partial charge in [0.1, 0.15) is 5.75 Å². The first-order valence-electron chi connectivity index (χ1n) is 4.06. The second-order valence-corrected chi connectivity index (χ2v) is 2.93. The van der Waals surface area contributed by atoms with Gasteiger partial charge in [-0.25, -0.2) is 5.84 Å². The third-order valence-corrected chi connectivity index (χ3v) is 2.08. The maximum absolute atomic E-state index is 11.1. The summed E-state index contributed by atoms with van der Waals surface area (Å²) in [6, 6.07) is 7.59. The van der Waals surface area contributed by atoms with Crippen LogP contribution in [0.25, 0.3) is 0 Å². The summed E-state index contributed by atoms with van der Waals surface area (Å²) < 4.78 is 5.37. The van der Waals surface area contributed by atoms with Crippen molar-refractivity contribution in [3.8, 4) is 5.75 Å². The highest BCUT2D eigenvalue weighted by molar-refractivity contribution is 5.81. The maximum Gasteiger partial charge on any atom is 0.275 e. The molecule has 1 atom stereocenters. The van der Waals surface area contributed by atoms with Crippen LogP contribution in [-0.2, 0) is 11.2 Å². The van der Waals surface area contributed by atoms with Gasteiger partial charge in [0.15, 0.2) is 6.10 Å². The number of carbonyl (C=O) groups excluding carboxylic acids is 1. The summed E-state index contributed by atoms with van der Waals surface area (Å²) in [4.78, 5) is 11.1. The van der Waals surface area contributed by atoms with Crippen molar-refractivity contribution in [1.82, 2.24) is 5.43 Å². The lowest BCUT2D eigenvalue weighted by Gasteiger charge is -2.07. The number of nitrogens with one attached hydrogen (secondary N) is 1. The summed E-state index contributed by atoms with van der Waals surface area (Å²) in [6.45, 7) is 0. The molecule has 0 aliphatic carbocycles. The smallest absolute Gasteiger partial charge is 0.275 e. The number of rotatable bonds is 1. The molecule has 1 unspecified atom stereocenters. The van der Waals surface area contributed by atoms with Crippen molar-refractivity contribution in [3.63, 3.8) is 0 Å². The highest BCUT2D eigenvalue weighted by Gasteiger charge is 2.27. The number of hydrazine groups is 1. The fourth-order valence-electron chi connectivity index (χ4n) is 1.42. The molecule has 68 valence electrons. The zero-order chi connectivity index (χ0) is 9.26. The number of benzene rings is 1. The van der Waals surface area contributed by atoms with Crippen LogP contribution in [0.1, 0.15) is 5.56 Å². The number of amides is 1. The van der Waals surface area contributed by atoms with Gasteiger partial charge in [-0.3, -0.25) is 10.2 Å². The summed E-state index contributed by atoms with van der Waals surface area (Å²) in [5, 5.41) is 0. The second kappa shape index (κ2) is 3.06. The summed E-state index contributed by atoms with van der Waals surface area (Å²) in [5.41, 5.74) is 3.13. The molecule has 1 aromatic carbocycles. The number of ether oxygens (including phenoxy) is 1. The minimum atomic E-state index is -0.470. The van der Waals surface area contributed by atoms with Crippen molar-refractivity contribution in [2.75, 3.05) is 0 Å². The molecule has 1 aromatic rings. The number of hydrogen-bond acceptors (Lipinski definition) is 3. The Morgan fingerprint density at radius 2 is 2.31 bits per heavy atom. The van der Waals surface area contributed by atoms with Crippen LogP contribution in [0.3, 0.4) is 0 Å². The third kappa shape index (κ3) is 1.36. The molecule has 1 aliphatic heterocycles. The van der Waals surface area contributed by atoms with E-state index < -0.39 is 6.10 Å². The molecule has 13 heavy (non-hydrogen) atoms. The lowest BCUT2D eigenvalue weighted by Crippen LogP contribution is -2.41. The van der Waals surface area contributed by atoms with E-state index in [1.54, 1.807) is 0 Å². The molecule has 1 aliphatic rings. The molecule has 4 heteroatoms. The van der Waals surface area contributed by atoms with Gasteiger partial charge in [0.25, 0.3) is 5.91 Å². The molecule has 2 rings (SSSR count). The molecule has 3 N–H and O–H groups in total. The zero-order valence-electron chi connectivity index (χ0n) is 6.99. The van der Waals surface area contributed by atoms with Crippen LogP contribution in [-0.4, -0.2) is 12.0 Å². The average Bonchev–Trinajstić information content (AvgIpc) is 2.59. The normalized spacial score (nSPS) is 19.0. The standard InChI is InChI=1S/C9H10N2O2/c10-11-9(12)8-5-6-3-1-2-4-7(6)13-8/h1-4,8H,5,10H2,(H,11,12). The topological polar surface area (TPSA) is 64.3 Å². The van der Waals surface area contributed by atoms with Crippen LogP contribution >= 0.6 is 0 Å². The molecule has 1 amide bonds. The lowest BCUT2D eigenvalue weighted by molar-refractivity contribution is -0.127. The molecule has 0 fully saturated rings. The van der Waals surface area contributed by atoms with Gasteiger partial charge < -0.3 is 4.74 Å². The van der Waals surface area contributed by atoms with Crippen molar-refractivity contribution in [3.05, 3.63) is 29.8 Å². The molecule has 4 nitrogen and oxygen atoms in total. The van der Waals surface area contributed by atoms with Crippen molar-refractivity contribution in [2.45, 2.75) is 12.5 Å². The Kier molecular flexibility index (Phi) is 1.90. The van der Waals surface area contributed by atoms with E-state index >= 15 is 0 Å². The summed E-state index contributed by atoms with van der Waals surface area (Å²) in [6.07, 6.45) is 0.126. The van der Waals surface area contributed by atoms with Gasteiger partial charge in [0.2, 0.25) is 0 Å². The highest BCUT2D eigenvalue weighted by Crippen LogP contribution is 2.27. The number of nitrogens with two attached hydrogens (primary N) is 1. The van der Waals surface area contributed by atoms with E-state index in [0.29, 0.717) is 6.42 Å². The van der Waals surface area contributed by atoms with Gasteiger partial charge in [-0.15, -0.1) is 0 Å². The van der Waals surface area contributed by atoms with E-state index in [4.69, 9.17) is 10.6 Å². The molecule has 0 radical (unpaired) electrons. The van der Waals surface area contributed by atoms with Crippen molar-refractivity contribution >= 4 is 5.91 Å². The predicted octanol–water partition coefficient (Wildman–Crippen LogP) is -0.0200. The number of para-hydroxylation sites is 1. The Hall–Kier alpha value is -1.55. The first-order valence-corrected chi connectivity index (χ1v) is 4.06. The van der Waals surface area contributed by atoms with Crippen molar-refractivity contribution in [1.29, 1.82) is 0 Å². The summed E-state index contributed by atoms with van der Waals surface area (Å²) in [5.74, 6) is 5.50. The Labute approximate surface area is 75.7 Å². The molecule has 1 heterocycles. The Morgan fingerprint density at radius 3 is 3.00 bits per heavy atom. The monoisotopic (exact) mass is 178 g/mol. The molecular weight excluding hydrogens is 168 g/mol. The summed E-state index contributed by atoms with van der Waals surface area (Å²) in [7, 11) is 0. The van der Waals surface area contributed by atoms with Gasteiger partial charge in [0.05, 0.1) is 0 Å². The van der Waals surface area contributed by atoms with E-state index in [9.17, 15) is 4.79 Å². The minimum Gasteiger partial charge on any atom is -0.480 e. The summed E-state index contributed by atoms with van der Waals surface area (Å²) >= 11 is 0. The van der Waals surface area contributed by atoms with Crippen molar-refractivity contribution in [2.24, 2.45) is 5.84 Å². The molecule has 0 spiro atoms. The second-order valence-electron chi connectivity index (χ2n) is 2.93. The number of hydrogen-bond donors (Lipinski definition) is 2. The zero-order valence-corrected chi connectivity index (χ0v) is 6.99. The van der Waals surface area contributed by atoms with Crippen LogP contribution in [0.4, 0.5) is 0 Å². The SMILES string of the molecule is NNC(=O)C1Cc2ccccc2O1. The van der Waals surface area contributed by atoms with E-state index in [2.05, 4.69) is 5.43 Å². The van der Waals surface area contributed by atoms with Crippen LogP contribution in [0.2, 0.25) is 0 Å². The minimum absolute atomic E-state index is 0.281. The molecular formula is C9H10N2O2. The van der Waals surface area contributed by atoms with Crippen LogP contribution in [0.15, 0.2) is 24.3 Å². The lowest BCUT2D eigenvalue weighted by atomic mass is 10.1. The van der Waals surface area contributed by atoms with E-state index in [1.165, 1.54) is 0 Å². The first kappa shape index (κ1) is 8.07. The Bertz CT molecular complexity index is 313. The molecule has 0 aromatic heterocycles. The van der Waals surface area contributed by atoms with Gasteiger partial charge in [-0.2, -0.15) is 0 Å². The van der Waals surface area contributed by atoms with Gasteiger partial charge in [0, 0.05) is 6.42 Å². The largest absolute Gasteiger partial charge is 0.480 e. The van der Waals surface area contributed by atoms with Crippen LogP contribution in [0.5, 0.6) is 5.75 Å². The van der Waals surface area contributed by atoms with E-state index in [-0.39, 0.29) is 5.91 Å². The van der Waals surface area contributed by atoms with Gasteiger partial charge in [-0.1, -0.05) is 18.2 Å².